The molecular weight excluding hydrogens is 174 g/mol. The number of aryl methyl sites for hydroxylation is 1. The molecule has 2 aliphatic rings. The smallest absolute Gasteiger partial charge is 0.0556 e. The summed E-state index contributed by atoms with van der Waals surface area (Å²) in [5.74, 6) is 0.871. The molecule has 2 unspecified atom stereocenters. The summed E-state index contributed by atoms with van der Waals surface area (Å²) in [6.07, 6.45) is 3.88. The van der Waals surface area contributed by atoms with E-state index in [1.807, 2.05) is 12.4 Å². The lowest BCUT2D eigenvalue weighted by Crippen LogP contribution is -2.51. The molecule has 1 N–H and O–H groups in total. The van der Waals surface area contributed by atoms with Gasteiger partial charge >= 0.3 is 0 Å². The first-order valence-corrected chi connectivity index (χ1v) is 5.23. The van der Waals surface area contributed by atoms with Crippen molar-refractivity contribution in [3.8, 4) is 0 Å². The molecule has 0 radical (unpaired) electrons. The van der Waals surface area contributed by atoms with E-state index in [0.717, 1.165) is 18.5 Å². The molecule has 3 nitrogen and oxygen atoms in total. The van der Waals surface area contributed by atoms with E-state index in [2.05, 4.69) is 28.2 Å². The minimum atomic E-state index is 0.732. The van der Waals surface area contributed by atoms with Crippen molar-refractivity contribution in [3.63, 3.8) is 0 Å². The Morgan fingerprint density at radius 3 is 2.93 bits per heavy atom. The van der Waals surface area contributed by atoms with Gasteiger partial charge in [-0.1, -0.05) is 0 Å². The lowest BCUT2D eigenvalue weighted by Gasteiger charge is -2.29. The van der Waals surface area contributed by atoms with Crippen molar-refractivity contribution in [1.82, 2.24) is 10.3 Å². The van der Waals surface area contributed by atoms with Gasteiger partial charge in [0.15, 0.2) is 0 Å². The first-order valence-electron chi connectivity index (χ1n) is 5.23. The summed E-state index contributed by atoms with van der Waals surface area (Å²) in [6.45, 7) is 5.64. The van der Waals surface area contributed by atoms with Gasteiger partial charge in [-0.3, -0.25) is 4.98 Å². The van der Waals surface area contributed by atoms with Crippen LogP contribution >= 0.6 is 0 Å². The summed E-state index contributed by atoms with van der Waals surface area (Å²) in [5.41, 5.74) is 2.52. The maximum atomic E-state index is 4.24. The van der Waals surface area contributed by atoms with Gasteiger partial charge < -0.3 is 10.2 Å². The van der Waals surface area contributed by atoms with Crippen LogP contribution in [0.2, 0.25) is 0 Å². The molecule has 1 aromatic rings. The van der Waals surface area contributed by atoms with Crippen LogP contribution in [0.25, 0.3) is 0 Å². The Labute approximate surface area is 84.1 Å². The SMILES string of the molecule is Cc1cncc(N2CC3CNC3C2)c1. The largest absolute Gasteiger partial charge is 0.368 e. The van der Waals surface area contributed by atoms with Crippen molar-refractivity contribution in [1.29, 1.82) is 0 Å². The van der Waals surface area contributed by atoms with E-state index < -0.39 is 0 Å². The van der Waals surface area contributed by atoms with Crippen LogP contribution in [0.15, 0.2) is 18.5 Å². The lowest BCUT2D eigenvalue weighted by molar-refractivity contribution is 0.297. The monoisotopic (exact) mass is 189 g/mol. The van der Waals surface area contributed by atoms with Gasteiger partial charge in [0.2, 0.25) is 0 Å². The van der Waals surface area contributed by atoms with Gasteiger partial charge in [0, 0.05) is 37.8 Å². The summed E-state index contributed by atoms with van der Waals surface area (Å²) in [6, 6.07) is 2.95. The van der Waals surface area contributed by atoms with E-state index >= 15 is 0 Å². The standard InChI is InChI=1S/C11H15N3/c1-8-2-10(5-12-3-8)14-6-9-4-13-11(9)7-14/h2-3,5,9,11,13H,4,6-7H2,1H3. The third-order valence-electron chi connectivity index (χ3n) is 3.31. The second-order valence-corrected chi connectivity index (χ2v) is 4.40. The maximum absolute atomic E-state index is 4.24. The van der Waals surface area contributed by atoms with Crippen molar-refractivity contribution >= 4 is 5.69 Å². The van der Waals surface area contributed by atoms with E-state index in [4.69, 9.17) is 0 Å². The third kappa shape index (κ3) is 1.20. The van der Waals surface area contributed by atoms with Crippen LogP contribution in [0.5, 0.6) is 0 Å². The molecule has 2 fully saturated rings. The minimum Gasteiger partial charge on any atom is -0.368 e. The number of fused-ring (bicyclic) bond motifs is 1. The van der Waals surface area contributed by atoms with Crippen LogP contribution in [0.1, 0.15) is 5.56 Å². The Bertz CT molecular complexity index is 338. The molecule has 74 valence electrons. The van der Waals surface area contributed by atoms with Gasteiger partial charge in [-0.05, 0) is 18.6 Å². The molecule has 0 bridgehead atoms. The highest BCUT2D eigenvalue weighted by molar-refractivity contribution is 5.48. The predicted molar refractivity (Wildman–Crippen MR) is 56.5 cm³/mol. The molecule has 3 heteroatoms. The van der Waals surface area contributed by atoms with E-state index in [0.29, 0.717) is 0 Å². The number of pyridine rings is 1. The molecule has 0 spiro atoms. The number of rotatable bonds is 1. The molecule has 2 atom stereocenters. The predicted octanol–water partition coefficient (Wildman–Crippen LogP) is 0.798. The quantitative estimate of drug-likeness (QED) is 0.708. The molecule has 0 aromatic carbocycles. The summed E-state index contributed by atoms with van der Waals surface area (Å²) < 4.78 is 0. The summed E-state index contributed by atoms with van der Waals surface area (Å²) in [7, 11) is 0. The maximum Gasteiger partial charge on any atom is 0.0556 e. The topological polar surface area (TPSA) is 28.2 Å². The first-order chi connectivity index (χ1) is 6.83. The van der Waals surface area contributed by atoms with Crippen molar-refractivity contribution < 1.29 is 0 Å². The fourth-order valence-electron chi connectivity index (χ4n) is 2.37. The molecule has 2 saturated heterocycles. The Hall–Kier alpha value is -1.09. The number of nitrogens with zero attached hydrogens (tertiary/aromatic N) is 2. The Morgan fingerprint density at radius 2 is 2.36 bits per heavy atom. The summed E-state index contributed by atoms with van der Waals surface area (Å²) in [4.78, 5) is 6.68. The van der Waals surface area contributed by atoms with Gasteiger partial charge in [0.25, 0.3) is 0 Å². The molecule has 1 aromatic heterocycles. The van der Waals surface area contributed by atoms with Crippen LogP contribution in [0.3, 0.4) is 0 Å². The average Bonchev–Trinajstić information content (AvgIpc) is 2.43. The first kappa shape index (κ1) is 8.24. The molecule has 2 aliphatic heterocycles. The molecule has 14 heavy (non-hydrogen) atoms. The highest BCUT2D eigenvalue weighted by atomic mass is 15.2. The zero-order valence-corrected chi connectivity index (χ0v) is 8.40. The van der Waals surface area contributed by atoms with Crippen LogP contribution in [-0.4, -0.2) is 30.7 Å². The number of aromatic nitrogens is 1. The van der Waals surface area contributed by atoms with Crippen LogP contribution in [0, 0.1) is 12.8 Å². The highest BCUT2D eigenvalue weighted by Gasteiger charge is 2.38. The normalized spacial score (nSPS) is 29.9. The molecular formula is C11H15N3. The zero-order valence-electron chi connectivity index (χ0n) is 8.40. The van der Waals surface area contributed by atoms with Crippen molar-refractivity contribution in [2.24, 2.45) is 5.92 Å². The zero-order chi connectivity index (χ0) is 9.54. The summed E-state index contributed by atoms with van der Waals surface area (Å²) in [5, 5.41) is 3.46. The molecule has 0 aliphatic carbocycles. The summed E-state index contributed by atoms with van der Waals surface area (Å²) >= 11 is 0. The highest BCUT2D eigenvalue weighted by Crippen LogP contribution is 2.27. The van der Waals surface area contributed by atoms with Crippen LogP contribution in [0.4, 0.5) is 5.69 Å². The average molecular weight is 189 g/mol. The van der Waals surface area contributed by atoms with E-state index in [1.54, 1.807) is 0 Å². The van der Waals surface area contributed by atoms with Crippen LogP contribution in [-0.2, 0) is 0 Å². The Kier molecular flexibility index (Phi) is 1.74. The molecule has 3 rings (SSSR count). The number of nitrogens with one attached hydrogen (secondary N) is 1. The number of anilines is 1. The van der Waals surface area contributed by atoms with E-state index in [9.17, 15) is 0 Å². The minimum absolute atomic E-state index is 0.732. The molecule has 0 amide bonds. The van der Waals surface area contributed by atoms with Gasteiger partial charge in [-0.25, -0.2) is 0 Å². The Balaban J connectivity index is 1.82. The van der Waals surface area contributed by atoms with E-state index in [-0.39, 0.29) is 0 Å². The fraction of sp³-hybridized carbons (Fsp3) is 0.545. The van der Waals surface area contributed by atoms with Gasteiger partial charge in [0.05, 0.1) is 11.9 Å². The number of hydrogen-bond acceptors (Lipinski definition) is 3. The van der Waals surface area contributed by atoms with Crippen LogP contribution < -0.4 is 10.2 Å². The van der Waals surface area contributed by atoms with Gasteiger partial charge in [0.1, 0.15) is 0 Å². The van der Waals surface area contributed by atoms with Crippen molar-refractivity contribution in [2.75, 3.05) is 24.5 Å². The second-order valence-electron chi connectivity index (χ2n) is 4.40. The Morgan fingerprint density at radius 1 is 1.43 bits per heavy atom. The molecule has 0 saturated carbocycles. The van der Waals surface area contributed by atoms with Gasteiger partial charge in [-0.15, -0.1) is 0 Å². The second kappa shape index (κ2) is 2.95. The third-order valence-corrected chi connectivity index (χ3v) is 3.31. The molecule has 3 heterocycles. The van der Waals surface area contributed by atoms with E-state index in [1.165, 1.54) is 24.3 Å². The number of hydrogen-bond donors (Lipinski definition) is 1. The van der Waals surface area contributed by atoms with Crippen molar-refractivity contribution in [2.45, 2.75) is 13.0 Å². The lowest BCUT2D eigenvalue weighted by atomic mass is 9.96. The van der Waals surface area contributed by atoms with Crippen molar-refractivity contribution in [3.05, 3.63) is 24.0 Å². The fourth-order valence-corrected chi connectivity index (χ4v) is 2.37. The van der Waals surface area contributed by atoms with Gasteiger partial charge in [-0.2, -0.15) is 0 Å².